The molecule has 0 spiro atoms. The van der Waals surface area contributed by atoms with E-state index in [9.17, 15) is 9.59 Å². The summed E-state index contributed by atoms with van der Waals surface area (Å²) < 4.78 is 4.57. The Balaban J connectivity index is 3.25. The SMILES string of the molecule is CSCCNC(=O)COCC(=O)O. The fourth-order valence-corrected chi connectivity index (χ4v) is 0.881. The molecule has 0 aromatic heterocycles. The van der Waals surface area contributed by atoms with Gasteiger partial charge < -0.3 is 15.2 Å². The number of hydrogen-bond acceptors (Lipinski definition) is 4. The summed E-state index contributed by atoms with van der Waals surface area (Å²) in [6, 6.07) is 0. The summed E-state index contributed by atoms with van der Waals surface area (Å²) in [6.45, 7) is -0.0486. The molecule has 0 aromatic rings. The zero-order chi connectivity index (χ0) is 10.1. The van der Waals surface area contributed by atoms with Crippen LogP contribution in [0, 0.1) is 0 Å². The smallest absolute Gasteiger partial charge is 0.329 e. The molecule has 0 bridgehead atoms. The van der Waals surface area contributed by atoms with Crippen LogP contribution in [0.5, 0.6) is 0 Å². The second-order valence-electron chi connectivity index (χ2n) is 2.23. The standard InChI is InChI=1S/C7H13NO4S/c1-13-3-2-8-6(9)4-12-5-7(10)11/h2-5H2,1H3,(H,8,9)(H,10,11). The number of hydrogen-bond donors (Lipinski definition) is 2. The number of carbonyl (C=O) groups is 2. The van der Waals surface area contributed by atoms with Crippen LogP contribution in [0.3, 0.4) is 0 Å². The highest BCUT2D eigenvalue weighted by atomic mass is 32.2. The number of aliphatic carboxylic acids is 1. The van der Waals surface area contributed by atoms with E-state index < -0.39 is 12.6 Å². The van der Waals surface area contributed by atoms with Gasteiger partial charge in [-0.3, -0.25) is 4.79 Å². The highest BCUT2D eigenvalue weighted by Gasteiger charge is 2.02. The van der Waals surface area contributed by atoms with Crippen LogP contribution in [0.15, 0.2) is 0 Å². The van der Waals surface area contributed by atoms with Crippen molar-refractivity contribution < 1.29 is 19.4 Å². The van der Waals surface area contributed by atoms with E-state index >= 15 is 0 Å². The molecule has 0 heterocycles. The molecular formula is C7H13NO4S. The van der Waals surface area contributed by atoms with E-state index in [4.69, 9.17) is 5.11 Å². The van der Waals surface area contributed by atoms with Crippen molar-refractivity contribution in [3.63, 3.8) is 0 Å². The number of nitrogens with one attached hydrogen (secondary N) is 1. The number of carbonyl (C=O) groups excluding carboxylic acids is 1. The zero-order valence-corrected chi connectivity index (χ0v) is 8.23. The summed E-state index contributed by atoms with van der Waals surface area (Å²) >= 11 is 1.62. The predicted molar refractivity (Wildman–Crippen MR) is 49.8 cm³/mol. The van der Waals surface area contributed by atoms with Crippen molar-refractivity contribution in [3.8, 4) is 0 Å². The summed E-state index contributed by atoms with van der Waals surface area (Å²) in [5, 5.41) is 10.8. The number of thioether (sulfide) groups is 1. The minimum absolute atomic E-state index is 0.194. The monoisotopic (exact) mass is 207 g/mol. The van der Waals surface area contributed by atoms with Gasteiger partial charge in [-0.25, -0.2) is 4.79 Å². The lowest BCUT2D eigenvalue weighted by molar-refractivity contribution is -0.143. The molecular weight excluding hydrogens is 194 g/mol. The highest BCUT2D eigenvalue weighted by molar-refractivity contribution is 7.98. The van der Waals surface area contributed by atoms with Crippen molar-refractivity contribution in [2.45, 2.75) is 0 Å². The summed E-state index contributed by atoms with van der Waals surface area (Å²) in [6.07, 6.45) is 1.94. The molecule has 0 aliphatic carbocycles. The van der Waals surface area contributed by atoms with Gasteiger partial charge in [0, 0.05) is 12.3 Å². The Morgan fingerprint density at radius 1 is 1.46 bits per heavy atom. The average Bonchev–Trinajstić information content (AvgIpc) is 2.04. The van der Waals surface area contributed by atoms with E-state index in [0.717, 1.165) is 5.75 Å². The second-order valence-corrected chi connectivity index (χ2v) is 3.21. The van der Waals surface area contributed by atoms with Gasteiger partial charge in [0.15, 0.2) is 0 Å². The lowest BCUT2D eigenvalue weighted by Gasteiger charge is -2.03. The molecule has 1 amide bonds. The summed E-state index contributed by atoms with van der Waals surface area (Å²) in [4.78, 5) is 20.8. The minimum atomic E-state index is -1.07. The molecule has 5 nitrogen and oxygen atoms in total. The van der Waals surface area contributed by atoms with E-state index in [2.05, 4.69) is 10.1 Å². The first-order valence-corrected chi connectivity index (χ1v) is 5.11. The summed E-state index contributed by atoms with van der Waals surface area (Å²) in [5.41, 5.74) is 0. The maximum absolute atomic E-state index is 10.9. The lowest BCUT2D eigenvalue weighted by atomic mass is 10.6. The molecule has 0 saturated carbocycles. The van der Waals surface area contributed by atoms with Crippen LogP contribution in [0.25, 0.3) is 0 Å². The lowest BCUT2D eigenvalue weighted by Crippen LogP contribution is -2.30. The van der Waals surface area contributed by atoms with Crippen LogP contribution in [-0.2, 0) is 14.3 Å². The molecule has 6 heteroatoms. The minimum Gasteiger partial charge on any atom is -0.480 e. The summed E-state index contributed by atoms with van der Waals surface area (Å²) in [5.74, 6) is -0.516. The van der Waals surface area contributed by atoms with Crippen LogP contribution in [0.2, 0.25) is 0 Å². The number of rotatable bonds is 7. The van der Waals surface area contributed by atoms with Crippen LogP contribution >= 0.6 is 11.8 Å². The third kappa shape index (κ3) is 9.16. The molecule has 0 unspecified atom stereocenters. The Morgan fingerprint density at radius 2 is 2.15 bits per heavy atom. The van der Waals surface area contributed by atoms with Crippen LogP contribution in [-0.4, -0.2) is 48.8 Å². The number of amides is 1. The molecule has 0 aliphatic heterocycles. The molecule has 2 N–H and O–H groups in total. The predicted octanol–water partition coefficient (Wildman–Crippen LogP) is -0.433. The average molecular weight is 207 g/mol. The van der Waals surface area contributed by atoms with Crippen molar-refractivity contribution in [1.82, 2.24) is 5.32 Å². The first kappa shape index (κ1) is 12.2. The van der Waals surface area contributed by atoms with E-state index in [1.807, 2.05) is 6.26 Å². The quantitative estimate of drug-likeness (QED) is 0.554. The van der Waals surface area contributed by atoms with Gasteiger partial charge in [0.05, 0.1) is 0 Å². The van der Waals surface area contributed by atoms with Gasteiger partial charge in [-0.15, -0.1) is 0 Å². The van der Waals surface area contributed by atoms with E-state index in [1.165, 1.54) is 0 Å². The number of ether oxygens (including phenoxy) is 1. The maximum atomic E-state index is 10.9. The maximum Gasteiger partial charge on any atom is 0.329 e. The molecule has 0 fully saturated rings. The van der Waals surface area contributed by atoms with Crippen molar-refractivity contribution in [2.75, 3.05) is 31.8 Å². The van der Waals surface area contributed by atoms with Gasteiger partial charge in [0.2, 0.25) is 5.91 Å². The topological polar surface area (TPSA) is 75.6 Å². The Bertz CT molecular complexity index is 174. The van der Waals surface area contributed by atoms with Gasteiger partial charge in [-0.05, 0) is 6.26 Å². The molecule has 13 heavy (non-hydrogen) atoms. The van der Waals surface area contributed by atoms with E-state index in [-0.39, 0.29) is 12.5 Å². The summed E-state index contributed by atoms with van der Waals surface area (Å²) in [7, 11) is 0. The van der Waals surface area contributed by atoms with E-state index in [1.54, 1.807) is 11.8 Å². The van der Waals surface area contributed by atoms with Crippen LogP contribution in [0.1, 0.15) is 0 Å². The van der Waals surface area contributed by atoms with Gasteiger partial charge in [-0.1, -0.05) is 0 Å². The van der Waals surface area contributed by atoms with Crippen molar-refractivity contribution in [3.05, 3.63) is 0 Å². The van der Waals surface area contributed by atoms with Gasteiger partial charge >= 0.3 is 5.97 Å². The van der Waals surface area contributed by atoms with E-state index in [0.29, 0.717) is 6.54 Å². The van der Waals surface area contributed by atoms with Crippen molar-refractivity contribution in [2.24, 2.45) is 0 Å². The fourth-order valence-electron chi connectivity index (χ4n) is 0.575. The van der Waals surface area contributed by atoms with Gasteiger partial charge in [0.25, 0.3) is 0 Å². The van der Waals surface area contributed by atoms with Gasteiger partial charge in [0.1, 0.15) is 13.2 Å². The molecule has 0 saturated heterocycles. The molecule has 0 radical (unpaired) electrons. The first-order valence-electron chi connectivity index (χ1n) is 3.72. The Labute approximate surface area is 80.8 Å². The second kappa shape index (κ2) is 7.88. The molecule has 76 valence electrons. The third-order valence-electron chi connectivity index (χ3n) is 1.09. The normalized spacial score (nSPS) is 9.62. The first-order chi connectivity index (χ1) is 6.16. The Kier molecular flexibility index (Phi) is 7.42. The Morgan fingerprint density at radius 3 is 2.69 bits per heavy atom. The Hall–Kier alpha value is -0.750. The largest absolute Gasteiger partial charge is 0.480 e. The third-order valence-corrected chi connectivity index (χ3v) is 1.70. The molecule has 0 rings (SSSR count). The highest BCUT2D eigenvalue weighted by Crippen LogP contribution is 1.86. The zero-order valence-electron chi connectivity index (χ0n) is 7.41. The van der Waals surface area contributed by atoms with Crippen LogP contribution in [0.4, 0.5) is 0 Å². The van der Waals surface area contributed by atoms with Gasteiger partial charge in [-0.2, -0.15) is 11.8 Å². The van der Waals surface area contributed by atoms with Crippen molar-refractivity contribution >= 4 is 23.6 Å². The van der Waals surface area contributed by atoms with Crippen LogP contribution < -0.4 is 5.32 Å². The number of carboxylic acid groups (broad SMARTS) is 1. The van der Waals surface area contributed by atoms with Crippen molar-refractivity contribution in [1.29, 1.82) is 0 Å². The molecule has 0 aliphatic rings. The molecule has 0 aromatic carbocycles. The molecule has 0 atom stereocenters. The fraction of sp³-hybridized carbons (Fsp3) is 0.714. The number of carboxylic acids is 1.